The number of carbonyl (C=O) groups is 2. The van der Waals surface area contributed by atoms with Crippen LogP contribution < -0.4 is 10.6 Å². The summed E-state index contributed by atoms with van der Waals surface area (Å²) < 4.78 is 33.1. The van der Waals surface area contributed by atoms with Crippen LogP contribution in [-0.2, 0) is 22.5 Å². The van der Waals surface area contributed by atoms with Gasteiger partial charge < -0.3 is 20.4 Å². The van der Waals surface area contributed by atoms with Crippen LogP contribution >= 0.6 is 0 Å². The molecule has 0 fully saturated rings. The van der Waals surface area contributed by atoms with E-state index in [1.165, 1.54) is 6.92 Å². The van der Waals surface area contributed by atoms with E-state index in [2.05, 4.69) is 15.6 Å². The second-order valence-electron chi connectivity index (χ2n) is 8.85. The zero-order valence-corrected chi connectivity index (χ0v) is 20.0. The number of hydrogen-bond acceptors (Lipinski definition) is 3. The summed E-state index contributed by atoms with van der Waals surface area (Å²) in [6.07, 6.45) is 0.940. The number of nitrogens with one attached hydrogen (secondary N) is 3. The first kappa shape index (κ1) is 24.9. The van der Waals surface area contributed by atoms with Crippen molar-refractivity contribution < 1.29 is 23.1 Å². The van der Waals surface area contributed by atoms with Crippen molar-refractivity contribution in [1.82, 2.24) is 15.6 Å². The summed E-state index contributed by atoms with van der Waals surface area (Å²) in [7, 11) is 0. The van der Waals surface area contributed by atoms with E-state index >= 15 is 0 Å². The fourth-order valence-electron chi connectivity index (χ4n) is 4.07. The van der Waals surface area contributed by atoms with Gasteiger partial charge in [0.15, 0.2) is 5.60 Å². The van der Waals surface area contributed by atoms with E-state index in [1.54, 1.807) is 6.20 Å². The molecule has 0 saturated heterocycles. The fraction of sp³-hybridized carbons (Fsp3) is 0.214. The van der Waals surface area contributed by atoms with Crippen molar-refractivity contribution in [3.63, 3.8) is 0 Å². The Hall–Kier alpha value is -4.20. The van der Waals surface area contributed by atoms with Gasteiger partial charge in [0.05, 0.1) is 6.04 Å². The molecule has 186 valence electrons. The largest absolute Gasteiger partial charge is 0.433 e. The van der Waals surface area contributed by atoms with Gasteiger partial charge in [-0.3, -0.25) is 4.79 Å². The van der Waals surface area contributed by atoms with Gasteiger partial charge in [-0.15, -0.1) is 0 Å². The molecule has 3 aromatic carbocycles. The summed E-state index contributed by atoms with van der Waals surface area (Å²) in [5.74, 6) is -1.77. The number of alkyl carbamates (subject to hydrolysis) is 1. The zero-order chi connectivity index (χ0) is 25.7. The smallest absolute Gasteiger partial charge is 0.408 e. The molecule has 2 atom stereocenters. The van der Waals surface area contributed by atoms with E-state index in [4.69, 9.17) is 4.74 Å². The molecule has 0 unspecified atom stereocenters. The SMILES string of the molecule is C[C@H](NC(=O)[C@@](C)(Cc1c[nH]c2ccccc12)OC(=O)NCc1cc(F)ccc1F)c1ccccc1. The van der Waals surface area contributed by atoms with Gasteiger partial charge >= 0.3 is 6.09 Å². The Morgan fingerprint density at radius 2 is 1.72 bits per heavy atom. The summed E-state index contributed by atoms with van der Waals surface area (Å²) >= 11 is 0. The van der Waals surface area contributed by atoms with Crippen molar-refractivity contribution >= 4 is 22.9 Å². The number of carbonyl (C=O) groups excluding carboxylic acids is 2. The predicted octanol–water partition coefficient (Wildman–Crippen LogP) is 5.55. The molecule has 3 N–H and O–H groups in total. The third kappa shape index (κ3) is 5.71. The van der Waals surface area contributed by atoms with E-state index < -0.39 is 29.2 Å². The lowest BCUT2D eigenvalue weighted by Gasteiger charge is -2.30. The summed E-state index contributed by atoms with van der Waals surface area (Å²) in [5.41, 5.74) is 0.941. The molecule has 0 saturated carbocycles. The maximum atomic E-state index is 14.0. The van der Waals surface area contributed by atoms with E-state index in [-0.39, 0.29) is 24.6 Å². The molecule has 0 aliphatic heterocycles. The monoisotopic (exact) mass is 491 g/mol. The molecule has 8 heteroatoms. The summed E-state index contributed by atoms with van der Waals surface area (Å²) in [6.45, 7) is 3.07. The van der Waals surface area contributed by atoms with Crippen LogP contribution in [0.2, 0.25) is 0 Å². The fourth-order valence-corrected chi connectivity index (χ4v) is 4.07. The highest BCUT2D eigenvalue weighted by molar-refractivity contribution is 5.90. The first-order valence-electron chi connectivity index (χ1n) is 11.6. The average molecular weight is 492 g/mol. The summed E-state index contributed by atoms with van der Waals surface area (Å²) in [6, 6.07) is 19.7. The number of amides is 2. The Balaban J connectivity index is 1.55. The lowest BCUT2D eigenvalue weighted by atomic mass is 9.94. The quantitative estimate of drug-likeness (QED) is 0.302. The first-order valence-corrected chi connectivity index (χ1v) is 11.6. The Labute approximate surface area is 207 Å². The van der Waals surface area contributed by atoms with Gasteiger partial charge in [-0.2, -0.15) is 0 Å². The number of hydrogen-bond donors (Lipinski definition) is 3. The molecule has 0 spiro atoms. The minimum absolute atomic E-state index is 0.0348. The van der Waals surface area contributed by atoms with Crippen molar-refractivity contribution in [3.05, 3.63) is 107 Å². The van der Waals surface area contributed by atoms with E-state index in [0.29, 0.717) is 0 Å². The second-order valence-corrected chi connectivity index (χ2v) is 8.85. The lowest BCUT2D eigenvalue weighted by Crippen LogP contribution is -2.51. The van der Waals surface area contributed by atoms with Crippen molar-refractivity contribution in [2.75, 3.05) is 0 Å². The summed E-state index contributed by atoms with van der Waals surface area (Å²) in [5, 5.41) is 6.25. The van der Waals surface area contributed by atoms with Crippen molar-refractivity contribution in [3.8, 4) is 0 Å². The summed E-state index contributed by atoms with van der Waals surface area (Å²) in [4.78, 5) is 29.4. The number of rotatable bonds is 8. The molecule has 0 radical (unpaired) electrons. The second kappa shape index (κ2) is 10.6. The minimum Gasteiger partial charge on any atom is -0.433 e. The van der Waals surface area contributed by atoms with Crippen LogP contribution in [0, 0.1) is 11.6 Å². The van der Waals surface area contributed by atoms with Gasteiger partial charge in [-0.25, -0.2) is 13.6 Å². The Morgan fingerprint density at radius 1 is 1.00 bits per heavy atom. The average Bonchev–Trinajstić information content (AvgIpc) is 3.27. The molecule has 1 heterocycles. The number of H-pyrrole nitrogens is 1. The highest BCUT2D eigenvalue weighted by Crippen LogP contribution is 2.26. The molecule has 0 aliphatic rings. The van der Waals surface area contributed by atoms with Crippen LogP contribution in [0.3, 0.4) is 0 Å². The van der Waals surface area contributed by atoms with Crippen LogP contribution in [0.1, 0.15) is 36.6 Å². The molecule has 2 amide bonds. The van der Waals surface area contributed by atoms with Gasteiger partial charge in [0.25, 0.3) is 5.91 Å². The highest BCUT2D eigenvalue weighted by atomic mass is 19.1. The van der Waals surface area contributed by atoms with Crippen LogP contribution in [-0.4, -0.2) is 22.6 Å². The number of benzene rings is 3. The van der Waals surface area contributed by atoms with Gasteiger partial charge in [0.2, 0.25) is 0 Å². The lowest BCUT2D eigenvalue weighted by molar-refractivity contribution is -0.139. The third-order valence-electron chi connectivity index (χ3n) is 6.08. The van der Waals surface area contributed by atoms with Gasteiger partial charge in [-0.1, -0.05) is 48.5 Å². The maximum absolute atomic E-state index is 14.0. The number of para-hydroxylation sites is 1. The number of ether oxygens (including phenoxy) is 1. The van der Waals surface area contributed by atoms with Crippen molar-refractivity contribution in [2.24, 2.45) is 0 Å². The molecule has 36 heavy (non-hydrogen) atoms. The number of fused-ring (bicyclic) bond motifs is 1. The van der Waals surface area contributed by atoms with E-state index in [1.807, 2.05) is 61.5 Å². The van der Waals surface area contributed by atoms with Crippen LogP contribution in [0.25, 0.3) is 10.9 Å². The van der Waals surface area contributed by atoms with Crippen LogP contribution in [0.15, 0.2) is 79.0 Å². The molecule has 4 rings (SSSR count). The molecule has 1 aromatic heterocycles. The van der Waals surface area contributed by atoms with Gasteiger partial charge in [0.1, 0.15) is 11.6 Å². The predicted molar refractivity (Wildman–Crippen MR) is 133 cm³/mol. The van der Waals surface area contributed by atoms with Gasteiger partial charge in [-0.05, 0) is 49.2 Å². The molecular weight excluding hydrogens is 464 g/mol. The molecular formula is C28H27F2N3O3. The van der Waals surface area contributed by atoms with E-state index in [9.17, 15) is 18.4 Å². The number of halogens is 2. The van der Waals surface area contributed by atoms with Crippen LogP contribution in [0.4, 0.5) is 13.6 Å². The van der Waals surface area contributed by atoms with Crippen LogP contribution in [0.5, 0.6) is 0 Å². The van der Waals surface area contributed by atoms with Gasteiger partial charge in [0, 0.05) is 35.6 Å². The van der Waals surface area contributed by atoms with Crippen molar-refractivity contribution in [1.29, 1.82) is 0 Å². The van der Waals surface area contributed by atoms with E-state index in [0.717, 1.165) is 40.2 Å². The molecule has 0 bridgehead atoms. The minimum atomic E-state index is -1.60. The molecule has 4 aromatic rings. The standard InChI is InChI=1S/C28H27F2N3O3/c1-18(19-8-4-3-5-9-19)33-26(34)28(2,15-21-17-31-25-11-7-6-10-23(21)25)36-27(35)32-16-20-14-22(29)12-13-24(20)30/h3-14,17-18,31H,15-16H2,1-2H3,(H,32,35)(H,33,34)/t18-,28+/m0/s1. The third-order valence-corrected chi connectivity index (χ3v) is 6.08. The Morgan fingerprint density at radius 3 is 2.50 bits per heavy atom. The highest BCUT2D eigenvalue weighted by Gasteiger charge is 2.39. The van der Waals surface area contributed by atoms with Crippen molar-refractivity contribution in [2.45, 2.75) is 38.5 Å². The zero-order valence-electron chi connectivity index (χ0n) is 20.0. The Kier molecular flexibility index (Phi) is 7.33. The molecule has 6 nitrogen and oxygen atoms in total. The number of aromatic nitrogens is 1. The Bertz CT molecular complexity index is 1370. The number of aromatic amines is 1. The first-order chi connectivity index (χ1) is 17.2. The maximum Gasteiger partial charge on any atom is 0.408 e. The topological polar surface area (TPSA) is 83.2 Å². The molecule has 0 aliphatic carbocycles. The normalized spacial score (nSPS) is 13.6.